The number of benzene rings is 3. The summed E-state index contributed by atoms with van der Waals surface area (Å²) < 4.78 is 2.36. The molecular formula is C23H22N2. The fourth-order valence-electron chi connectivity index (χ4n) is 3.36. The van der Waals surface area contributed by atoms with Crippen LogP contribution in [0, 0.1) is 0 Å². The molecule has 0 aliphatic rings. The van der Waals surface area contributed by atoms with Gasteiger partial charge in [-0.25, -0.2) is 4.98 Å². The van der Waals surface area contributed by atoms with Crippen molar-refractivity contribution in [3.63, 3.8) is 0 Å². The van der Waals surface area contributed by atoms with Crippen molar-refractivity contribution in [3.05, 3.63) is 90.3 Å². The quantitative estimate of drug-likeness (QED) is 0.460. The Balaban J connectivity index is 1.64. The highest BCUT2D eigenvalue weighted by molar-refractivity contribution is 5.76. The summed E-state index contributed by atoms with van der Waals surface area (Å²) in [6.07, 6.45) is 1.98. The maximum Gasteiger partial charge on any atom is 0.114 e. The molecule has 4 rings (SSSR count). The van der Waals surface area contributed by atoms with E-state index in [4.69, 9.17) is 4.98 Å². The minimum absolute atomic E-state index is 0.865. The molecule has 3 aromatic carbocycles. The van der Waals surface area contributed by atoms with E-state index < -0.39 is 0 Å². The van der Waals surface area contributed by atoms with Crippen molar-refractivity contribution in [2.45, 2.75) is 26.3 Å². The predicted molar refractivity (Wildman–Crippen MR) is 105 cm³/mol. The zero-order valence-corrected chi connectivity index (χ0v) is 14.5. The smallest absolute Gasteiger partial charge is 0.114 e. The molecule has 0 radical (unpaired) electrons. The van der Waals surface area contributed by atoms with Crippen LogP contribution in [0.2, 0.25) is 0 Å². The van der Waals surface area contributed by atoms with Gasteiger partial charge >= 0.3 is 0 Å². The maximum absolute atomic E-state index is 4.87. The topological polar surface area (TPSA) is 17.8 Å². The number of aromatic nitrogens is 2. The number of imidazole rings is 1. The molecule has 4 aromatic rings. The van der Waals surface area contributed by atoms with Gasteiger partial charge in [-0.05, 0) is 35.2 Å². The van der Waals surface area contributed by atoms with E-state index >= 15 is 0 Å². The van der Waals surface area contributed by atoms with Gasteiger partial charge in [-0.15, -0.1) is 0 Å². The molecule has 2 nitrogen and oxygen atoms in total. The lowest BCUT2D eigenvalue weighted by Crippen LogP contribution is -2.04. The summed E-state index contributed by atoms with van der Waals surface area (Å²) in [5.74, 6) is 1.15. The first-order valence-corrected chi connectivity index (χ1v) is 8.93. The second kappa shape index (κ2) is 6.94. The highest BCUT2D eigenvalue weighted by Gasteiger charge is 2.10. The molecule has 0 amide bonds. The first-order valence-electron chi connectivity index (χ1n) is 8.93. The SMILES string of the molecule is CCCn1c(Cc2ccc(-c3ccccc3)cc2)nc2ccccc21. The third kappa shape index (κ3) is 3.20. The molecular weight excluding hydrogens is 304 g/mol. The lowest BCUT2D eigenvalue weighted by Gasteiger charge is -2.08. The Kier molecular flexibility index (Phi) is 4.34. The maximum atomic E-state index is 4.87. The third-order valence-electron chi connectivity index (χ3n) is 4.60. The molecule has 0 aliphatic heterocycles. The highest BCUT2D eigenvalue weighted by Crippen LogP contribution is 2.22. The normalized spacial score (nSPS) is 11.1. The van der Waals surface area contributed by atoms with Gasteiger partial charge in [0.05, 0.1) is 11.0 Å². The summed E-state index contributed by atoms with van der Waals surface area (Å²) in [4.78, 5) is 4.87. The average molecular weight is 326 g/mol. The van der Waals surface area contributed by atoms with Crippen LogP contribution in [0.1, 0.15) is 24.7 Å². The zero-order chi connectivity index (χ0) is 17.1. The number of para-hydroxylation sites is 2. The number of hydrogen-bond acceptors (Lipinski definition) is 1. The minimum atomic E-state index is 0.865. The van der Waals surface area contributed by atoms with Crippen LogP contribution in [-0.4, -0.2) is 9.55 Å². The van der Waals surface area contributed by atoms with Crippen LogP contribution in [0.25, 0.3) is 22.2 Å². The standard InChI is InChI=1S/C23H22N2/c1-2-16-25-22-11-7-6-10-21(22)24-23(25)17-18-12-14-20(15-13-18)19-8-4-3-5-9-19/h3-15H,2,16-17H2,1H3. The number of aryl methyl sites for hydroxylation is 1. The summed E-state index contributed by atoms with van der Waals surface area (Å²) in [5, 5.41) is 0. The van der Waals surface area contributed by atoms with Gasteiger partial charge in [0, 0.05) is 13.0 Å². The number of hydrogen-bond donors (Lipinski definition) is 0. The zero-order valence-electron chi connectivity index (χ0n) is 14.5. The van der Waals surface area contributed by atoms with Gasteiger partial charge in [0.2, 0.25) is 0 Å². The summed E-state index contributed by atoms with van der Waals surface area (Å²) >= 11 is 0. The molecule has 0 atom stereocenters. The van der Waals surface area contributed by atoms with E-state index in [2.05, 4.69) is 90.4 Å². The molecule has 0 spiro atoms. The van der Waals surface area contributed by atoms with Crippen LogP contribution in [0.5, 0.6) is 0 Å². The Bertz CT molecular complexity index is 966. The van der Waals surface area contributed by atoms with Gasteiger partial charge in [-0.2, -0.15) is 0 Å². The molecule has 0 aliphatic carbocycles. The fraction of sp³-hybridized carbons (Fsp3) is 0.174. The predicted octanol–water partition coefficient (Wildman–Crippen LogP) is 5.70. The first kappa shape index (κ1) is 15.6. The van der Waals surface area contributed by atoms with Gasteiger partial charge in [0.15, 0.2) is 0 Å². The van der Waals surface area contributed by atoms with Crippen LogP contribution < -0.4 is 0 Å². The summed E-state index contributed by atoms with van der Waals surface area (Å²) in [7, 11) is 0. The molecule has 1 heterocycles. The second-order valence-electron chi connectivity index (χ2n) is 6.41. The van der Waals surface area contributed by atoms with E-state index in [1.807, 2.05) is 0 Å². The molecule has 0 saturated heterocycles. The lowest BCUT2D eigenvalue weighted by molar-refractivity contribution is 0.664. The molecule has 0 bridgehead atoms. The van der Waals surface area contributed by atoms with Gasteiger partial charge in [0.1, 0.15) is 5.82 Å². The van der Waals surface area contributed by atoms with E-state index in [1.54, 1.807) is 0 Å². The molecule has 1 aromatic heterocycles. The Morgan fingerprint density at radius 1 is 0.760 bits per heavy atom. The van der Waals surface area contributed by atoms with Gasteiger partial charge in [-0.3, -0.25) is 0 Å². The van der Waals surface area contributed by atoms with Gasteiger partial charge < -0.3 is 4.57 Å². The van der Waals surface area contributed by atoms with Crippen molar-refractivity contribution >= 4 is 11.0 Å². The van der Waals surface area contributed by atoms with Crippen LogP contribution in [0.3, 0.4) is 0 Å². The van der Waals surface area contributed by atoms with E-state index in [9.17, 15) is 0 Å². The van der Waals surface area contributed by atoms with E-state index in [-0.39, 0.29) is 0 Å². The lowest BCUT2D eigenvalue weighted by atomic mass is 10.0. The Labute approximate surface area is 148 Å². The molecule has 0 fully saturated rings. The number of rotatable bonds is 5. The van der Waals surface area contributed by atoms with E-state index in [1.165, 1.54) is 22.2 Å². The van der Waals surface area contributed by atoms with Crippen molar-refractivity contribution in [1.29, 1.82) is 0 Å². The molecule has 0 N–H and O–H groups in total. The molecule has 25 heavy (non-hydrogen) atoms. The number of nitrogens with zero attached hydrogens (tertiary/aromatic N) is 2. The van der Waals surface area contributed by atoms with Crippen LogP contribution in [0.4, 0.5) is 0 Å². The monoisotopic (exact) mass is 326 g/mol. The van der Waals surface area contributed by atoms with Gasteiger partial charge in [-0.1, -0.05) is 73.7 Å². The summed E-state index contributed by atoms with van der Waals surface area (Å²) in [5.41, 5.74) is 6.14. The van der Waals surface area contributed by atoms with Crippen LogP contribution >= 0.6 is 0 Å². The second-order valence-corrected chi connectivity index (χ2v) is 6.41. The molecule has 0 unspecified atom stereocenters. The van der Waals surface area contributed by atoms with Gasteiger partial charge in [0.25, 0.3) is 0 Å². The minimum Gasteiger partial charge on any atom is -0.328 e. The summed E-state index contributed by atoms with van der Waals surface area (Å²) in [6.45, 7) is 3.23. The Morgan fingerprint density at radius 3 is 2.20 bits per heavy atom. The Hall–Kier alpha value is -2.87. The molecule has 0 saturated carbocycles. The van der Waals surface area contributed by atoms with Crippen molar-refractivity contribution in [2.75, 3.05) is 0 Å². The van der Waals surface area contributed by atoms with E-state index in [0.717, 1.165) is 30.7 Å². The fourth-order valence-corrected chi connectivity index (χ4v) is 3.36. The van der Waals surface area contributed by atoms with E-state index in [0.29, 0.717) is 0 Å². The number of fused-ring (bicyclic) bond motifs is 1. The van der Waals surface area contributed by atoms with Crippen LogP contribution in [-0.2, 0) is 13.0 Å². The van der Waals surface area contributed by atoms with Crippen molar-refractivity contribution in [3.8, 4) is 11.1 Å². The first-order chi connectivity index (χ1) is 12.3. The van der Waals surface area contributed by atoms with Crippen LogP contribution in [0.15, 0.2) is 78.9 Å². The highest BCUT2D eigenvalue weighted by atomic mass is 15.1. The van der Waals surface area contributed by atoms with Crippen molar-refractivity contribution in [2.24, 2.45) is 0 Å². The van der Waals surface area contributed by atoms with Crippen molar-refractivity contribution < 1.29 is 0 Å². The molecule has 124 valence electrons. The Morgan fingerprint density at radius 2 is 1.44 bits per heavy atom. The third-order valence-corrected chi connectivity index (χ3v) is 4.60. The van der Waals surface area contributed by atoms with Crippen molar-refractivity contribution in [1.82, 2.24) is 9.55 Å². The summed E-state index contributed by atoms with van der Waals surface area (Å²) in [6, 6.07) is 27.8. The molecule has 2 heteroatoms. The average Bonchev–Trinajstić information content (AvgIpc) is 3.01. The largest absolute Gasteiger partial charge is 0.328 e.